The van der Waals surface area contributed by atoms with Gasteiger partial charge in [-0.05, 0) is 37.7 Å². The monoisotopic (exact) mass is 383 g/mol. The molecule has 0 amide bonds. The highest BCUT2D eigenvalue weighted by Crippen LogP contribution is 2.32. The summed E-state index contributed by atoms with van der Waals surface area (Å²) in [5.74, 6) is -0.576. The highest BCUT2D eigenvalue weighted by molar-refractivity contribution is 7.89. The molecule has 0 saturated carbocycles. The number of nitro benzene ring substituents is 1. The Morgan fingerprint density at radius 2 is 2.00 bits per heavy atom. The van der Waals surface area contributed by atoms with E-state index in [9.17, 15) is 23.6 Å². The van der Waals surface area contributed by atoms with E-state index in [0.717, 1.165) is 6.07 Å². The van der Waals surface area contributed by atoms with Crippen LogP contribution in [0.4, 0.5) is 11.4 Å². The number of hydrogen-bond acceptors (Lipinski definition) is 6. The number of benzene rings is 2. The quantitative estimate of drug-likeness (QED) is 0.467. The summed E-state index contributed by atoms with van der Waals surface area (Å²) in [5.41, 5.74) is 0.324. The maximum Gasteiger partial charge on any atom is 0.312 e. The Morgan fingerprint density at radius 1 is 1.32 bits per heavy atom. The van der Waals surface area contributed by atoms with Gasteiger partial charge in [0.2, 0.25) is 15.8 Å². The van der Waals surface area contributed by atoms with E-state index in [1.54, 1.807) is 19.1 Å². The lowest BCUT2D eigenvalue weighted by molar-refractivity contribution is -0.385. The molecule has 0 saturated heterocycles. The Labute approximate surface area is 149 Å². The molecule has 8 nitrogen and oxygen atoms in total. The Balaban J connectivity index is 2.48. The van der Waals surface area contributed by atoms with Crippen molar-refractivity contribution >= 4 is 39.2 Å². The van der Waals surface area contributed by atoms with Crippen LogP contribution in [0.15, 0.2) is 40.2 Å². The van der Waals surface area contributed by atoms with E-state index in [2.05, 4.69) is 9.71 Å². The second kappa shape index (κ2) is 7.18. The lowest BCUT2D eigenvalue weighted by Crippen LogP contribution is -2.19. The number of hydrogen-bond donors (Lipinski definition) is 2. The standard InChI is InChI=1S/C15H14ClN3O5S/c1-9-3-4-12(7-14(9)25(23,24)17-2)18-8-10-5-11(16)6-13(15(10)20)19(21)22/h3-8,17,20H,1-2H3. The van der Waals surface area contributed by atoms with E-state index < -0.39 is 26.4 Å². The fraction of sp³-hybridized carbons (Fsp3) is 0.133. The van der Waals surface area contributed by atoms with Crippen LogP contribution in [0.5, 0.6) is 5.75 Å². The second-order valence-electron chi connectivity index (χ2n) is 5.04. The van der Waals surface area contributed by atoms with Gasteiger partial charge < -0.3 is 5.11 Å². The number of aromatic hydroxyl groups is 1. The third-order valence-electron chi connectivity index (χ3n) is 3.36. The van der Waals surface area contributed by atoms with Gasteiger partial charge in [0.25, 0.3) is 0 Å². The van der Waals surface area contributed by atoms with Crippen LogP contribution >= 0.6 is 11.6 Å². The van der Waals surface area contributed by atoms with E-state index >= 15 is 0 Å². The molecular formula is C15H14ClN3O5S. The topological polar surface area (TPSA) is 122 Å². The molecule has 0 aromatic heterocycles. The Kier molecular flexibility index (Phi) is 5.41. The summed E-state index contributed by atoms with van der Waals surface area (Å²) in [7, 11) is -2.35. The molecule has 0 unspecified atom stereocenters. The molecule has 2 rings (SSSR count). The van der Waals surface area contributed by atoms with E-state index in [1.807, 2.05) is 0 Å². The van der Waals surface area contributed by atoms with Crippen LogP contribution in [0.1, 0.15) is 11.1 Å². The van der Waals surface area contributed by atoms with E-state index in [-0.39, 0.29) is 15.5 Å². The molecule has 0 atom stereocenters. The van der Waals surface area contributed by atoms with Gasteiger partial charge in [-0.3, -0.25) is 15.1 Å². The van der Waals surface area contributed by atoms with Gasteiger partial charge in [-0.2, -0.15) is 0 Å². The van der Waals surface area contributed by atoms with Gasteiger partial charge in [0.05, 0.1) is 15.5 Å². The number of halogens is 1. The van der Waals surface area contributed by atoms with Crippen molar-refractivity contribution in [2.45, 2.75) is 11.8 Å². The summed E-state index contributed by atoms with van der Waals surface area (Å²) in [6.45, 7) is 1.64. The normalized spacial score (nSPS) is 11.8. The lowest BCUT2D eigenvalue weighted by Gasteiger charge is -2.07. The average Bonchev–Trinajstić information content (AvgIpc) is 2.56. The molecule has 0 aliphatic carbocycles. The first-order valence-corrected chi connectivity index (χ1v) is 8.77. The fourth-order valence-electron chi connectivity index (χ4n) is 2.06. The summed E-state index contributed by atoms with van der Waals surface area (Å²) in [6.07, 6.45) is 1.18. The Hall–Kier alpha value is -2.49. The molecule has 25 heavy (non-hydrogen) atoms. The molecule has 2 aromatic carbocycles. The molecule has 0 heterocycles. The summed E-state index contributed by atoms with van der Waals surface area (Å²) in [4.78, 5) is 14.3. The number of nitro groups is 1. The fourth-order valence-corrected chi connectivity index (χ4v) is 3.26. The predicted octanol–water partition coefficient (Wildman–Crippen LogP) is 2.92. The smallest absolute Gasteiger partial charge is 0.312 e. The van der Waals surface area contributed by atoms with Crippen LogP contribution < -0.4 is 4.72 Å². The molecule has 0 spiro atoms. The van der Waals surface area contributed by atoms with Gasteiger partial charge in [0.1, 0.15) is 0 Å². The van der Waals surface area contributed by atoms with Gasteiger partial charge in [-0.15, -0.1) is 0 Å². The number of rotatable bonds is 5. The van der Waals surface area contributed by atoms with Crippen LogP contribution in [0, 0.1) is 17.0 Å². The number of aliphatic imine (C=N–C) groups is 1. The van der Waals surface area contributed by atoms with Crippen LogP contribution in [-0.2, 0) is 10.0 Å². The molecule has 0 fully saturated rings. The number of nitrogens with zero attached hydrogens (tertiary/aromatic N) is 2. The van der Waals surface area contributed by atoms with Crippen LogP contribution in [-0.4, -0.2) is 31.7 Å². The van der Waals surface area contributed by atoms with Gasteiger partial charge >= 0.3 is 5.69 Å². The van der Waals surface area contributed by atoms with Crippen molar-refractivity contribution < 1.29 is 18.4 Å². The van der Waals surface area contributed by atoms with Crippen molar-refractivity contribution in [3.05, 3.63) is 56.6 Å². The minimum atomic E-state index is -3.65. The third-order valence-corrected chi connectivity index (χ3v) is 5.14. The molecule has 2 aromatic rings. The first-order valence-electron chi connectivity index (χ1n) is 6.91. The summed E-state index contributed by atoms with van der Waals surface area (Å²) >= 11 is 5.81. The molecule has 0 aliphatic heterocycles. The van der Waals surface area contributed by atoms with Crippen molar-refractivity contribution in [3.63, 3.8) is 0 Å². The van der Waals surface area contributed by atoms with Gasteiger partial charge in [-0.1, -0.05) is 17.7 Å². The van der Waals surface area contributed by atoms with Crippen molar-refractivity contribution in [1.82, 2.24) is 4.72 Å². The lowest BCUT2D eigenvalue weighted by atomic mass is 10.2. The van der Waals surface area contributed by atoms with E-state index in [1.165, 1.54) is 25.4 Å². The number of nitrogens with one attached hydrogen (secondary N) is 1. The van der Waals surface area contributed by atoms with Crippen LogP contribution in [0.2, 0.25) is 5.02 Å². The minimum absolute atomic E-state index is 0.0396. The first kappa shape index (κ1) is 18.8. The molecule has 10 heteroatoms. The molecule has 0 radical (unpaired) electrons. The second-order valence-corrected chi connectivity index (χ2v) is 7.33. The van der Waals surface area contributed by atoms with E-state index in [0.29, 0.717) is 11.3 Å². The molecule has 0 aliphatic rings. The largest absolute Gasteiger partial charge is 0.502 e. The maximum absolute atomic E-state index is 12.0. The van der Waals surface area contributed by atoms with Crippen molar-refractivity contribution in [2.75, 3.05) is 7.05 Å². The zero-order valence-electron chi connectivity index (χ0n) is 13.2. The van der Waals surface area contributed by atoms with Crippen molar-refractivity contribution in [1.29, 1.82) is 0 Å². The Morgan fingerprint density at radius 3 is 2.60 bits per heavy atom. The zero-order valence-corrected chi connectivity index (χ0v) is 14.8. The summed E-state index contributed by atoms with van der Waals surface area (Å²) < 4.78 is 26.2. The van der Waals surface area contributed by atoms with Crippen molar-refractivity contribution in [2.24, 2.45) is 4.99 Å². The molecular weight excluding hydrogens is 370 g/mol. The minimum Gasteiger partial charge on any atom is -0.502 e. The zero-order chi connectivity index (χ0) is 18.8. The third kappa shape index (κ3) is 4.13. The summed E-state index contributed by atoms with van der Waals surface area (Å²) in [6, 6.07) is 6.85. The molecule has 0 bridgehead atoms. The number of aryl methyl sites for hydroxylation is 1. The van der Waals surface area contributed by atoms with Gasteiger partial charge in [-0.25, -0.2) is 13.1 Å². The van der Waals surface area contributed by atoms with Crippen LogP contribution in [0.3, 0.4) is 0 Å². The number of sulfonamides is 1. The number of phenolic OH excluding ortho intramolecular Hbond substituents is 1. The predicted molar refractivity (Wildman–Crippen MR) is 94.4 cm³/mol. The van der Waals surface area contributed by atoms with E-state index in [4.69, 9.17) is 11.6 Å². The van der Waals surface area contributed by atoms with Gasteiger partial charge in [0.15, 0.2) is 0 Å². The highest BCUT2D eigenvalue weighted by Gasteiger charge is 2.18. The first-order chi connectivity index (χ1) is 11.7. The summed E-state index contributed by atoms with van der Waals surface area (Å²) in [5, 5.41) is 20.9. The van der Waals surface area contributed by atoms with Crippen LogP contribution in [0.25, 0.3) is 0 Å². The Bertz CT molecular complexity index is 973. The maximum atomic E-state index is 12.0. The number of phenols is 1. The molecule has 132 valence electrons. The van der Waals surface area contributed by atoms with Gasteiger partial charge in [0, 0.05) is 22.9 Å². The highest BCUT2D eigenvalue weighted by atomic mass is 35.5. The average molecular weight is 384 g/mol. The van der Waals surface area contributed by atoms with Crippen molar-refractivity contribution in [3.8, 4) is 5.75 Å². The SMILES string of the molecule is CNS(=O)(=O)c1cc(N=Cc2cc(Cl)cc([N+](=O)[O-])c2O)ccc1C. The molecule has 2 N–H and O–H groups in total.